The number of H-pyrrole nitrogens is 1. The SMILES string of the molecule is Cc1ccc(Cc2cc3cc(-c4ccc(CCCO)cc4)c(Cl)cc3[nH]2)cc1C. The summed E-state index contributed by atoms with van der Waals surface area (Å²) in [4.78, 5) is 3.52. The molecule has 0 saturated carbocycles. The van der Waals surface area contributed by atoms with E-state index in [0.717, 1.165) is 40.9 Å². The number of benzene rings is 3. The Balaban J connectivity index is 1.62. The minimum atomic E-state index is 0.224. The molecular weight excluding hydrogens is 378 g/mol. The lowest BCUT2D eigenvalue weighted by Gasteiger charge is -2.07. The zero-order valence-corrected chi connectivity index (χ0v) is 17.7. The Kier molecular flexibility index (Phi) is 5.75. The standard InChI is InChI=1S/C26H26ClNO/c1-17-5-6-20(12-18(17)2)13-23-14-22-15-24(25(27)16-26(22)28-23)21-9-7-19(8-10-21)4-3-11-29/h5-10,12,14-16,28-29H,3-4,11,13H2,1-2H3. The Morgan fingerprint density at radius 3 is 2.34 bits per heavy atom. The average Bonchev–Trinajstić information content (AvgIpc) is 3.10. The van der Waals surface area contributed by atoms with Crippen molar-refractivity contribution in [2.24, 2.45) is 0 Å². The third-order valence-corrected chi connectivity index (χ3v) is 5.93. The van der Waals surface area contributed by atoms with E-state index in [2.05, 4.69) is 73.4 Å². The molecule has 1 heterocycles. The smallest absolute Gasteiger partial charge is 0.0505 e. The van der Waals surface area contributed by atoms with E-state index in [1.165, 1.54) is 33.3 Å². The van der Waals surface area contributed by atoms with Gasteiger partial charge < -0.3 is 10.1 Å². The van der Waals surface area contributed by atoms with Crippen LogP contribution in [0.3, 0.4) is 0 Å². The van der Waals surface area contributed by atoms with Gasteiger partial charge in [-0.3, -0.25) is 0 Å². The molecule has 0 atom stereocenters. The molecule has 4 aromatic rings. The van der Waals surface area contributed by atoms with Crippen LogP contribution in [-0.4, -0.2) is 16.7 Å². The molecule has 0 aliphatic heterocycles. The Hall–Kier alpha value is -2.55. The summed E-state index contributed by atoms with van der Waals surface area (Å²) in [6, 6.07) is 21.5. The fourth-order valence-corrected chi connectivity index (χ4v) is 4.07. The molecule has 0 aliphatic carbocycles. The maximum absolute atomic E-state index is 9.00. The van der Waals surface area contributed by atoms with Crippen molar-refractivity contribution in [2.75, 3.05) is 6.61 Å². The second-order valence-corrected chi connectivity index (χ2v) is 8.24. The number of aliphatic hydroxyl groups excluding tert-OH is 1. The van der Waals surface area contributed by atoms with Crippen molar-refractivity contribution in [3.8, 4) is 11.1 Å². The molecule has 29 heavy (non-hydrogen) atoms. The van der Waals surface area contributed by atoms with Gasteiger partial charge in [0.1, 0.15) is 0 Å². The molecular formula is C26H26ClNO. The number of hydrogen-bond donors (Lipinski definition) is 2. The van der Waals surface area contributed by atoms with Crippen molar-refractivity contribution >= 4 is 22.5 Å². The van der Waals surface area contributed by atoms with Crippen LogP contribution in [0.15, 0.2) is 60.7 Å². The number of rotatable bonds is 6. The lowest BCUT2D eigenvalue weighted by molar-refractivity contribution is 0.288. The van der Waals surface area contributed by atoms with Gasteiger partial charge in [0, 0.05) is 35.2 Å². The molecule has 0 bridgehead atoms. The zero-order valence-electron chi connectivity index (χ0n) is 16.9. The quantitative estimate of drug-likeness (QED) is 0.372. The first-order valence-corrected chi connectivity index (χ1v) is 10.5. The number of nitrogens with one attached hydrogen (secondary N) is 1. The first kappa shape index (κ1) is 19.8. The van der Waals surface area contributed by atoms with Crippen LogP contribution in [0.4, 0.5) is 0 Å². The van der Waals surface area contributed by atoms with Gasteiger partial charge in [0.05, 0.1) is 5.02 Å². The summed E-state index contributed by atoms with van der Waals surface area (Å²) in [5.74, 6) is 0. The first-order valence-electron chi connectivity index (χ1n) is 10.1. The van der Waals surface area contributed by atoms with Crippen molar-refractivity contribution in [3.63, 3.8) is 0 Å². The Labute approximate surface area is 177 Å². The molecule has 0 spiro atoms. The predicted octanol–water partition coefficient (Wildman–Crippen LogP) is 6.62. The molecule has 148 valence electrons. The van der Waals surface area contributed by atoms with Crippen LogP contribution in [0.1, 0.15) is 34.4 Å². The summed E-state index contributed by atoms with van der Waals surface area (Å²) in [6.45, 7) is 4.53. The van der Waals surface area contributed by atoms with E-state index in [4.69, 9.17) is 16.7 Å². The number of aliphatic hydroxyl groups is 1. The fourth-order valence-electron chi connectivity index (χ4n) is 3.80. The molecule has 0 unspecified atom stereocenters. The average molecular weight is 404 g/mol. The number of fused-ring (bicyclic) bond motifs is 1. The van der Waals surface area contributed by atoms with Gasteiger partial charge in [0.2, 0.25) is 0 Å². The van der Waals surface area contributed by atoms with Gasteiger partial charge in [-0.05, 0) is 72.7 Å². The zero-order chi connectivity index (χ0) is 20.4. The molecule has 2 nitrogen and oxygen atoms in total. The second kappa shape index (κ2) is 8.44. The second-order valence-electron chi connectivity index (χ2n) is 7.83. The van der Waals surface area contributed by atoms with E-state index < -0.39 is 0 Å². The number of aryl methyl sites for hydroxylation is 3. The molecule has 0 amide bonds. The first-order chi connectivity index (χ1) is 14.0. The van der Waals surface area contributed by atoms with Crippen LogP contribution >= 0.6 is 11.6 Å². The highest BCUT2D eigenvalue weighted by molar-refractivity contribution is 6.34. The van der Waals surface area contributed by atoms with Crippen molar-refractivity contribution in [1.29, 1.82) is 0 Å². The number of aromatic nitrogens is 1. The van der Waals surface area contributed by atoms with Gasteiger partial charge in [-0.2, -0.15) is 0 Å². The molecule has 4 rings (SSSR count). The van der Waals surface area contributed by atoms with E-state index in [9.17, 15) is 0 Å². The van der Waals surface area contributed by atoms with Gasteiger partial charge in [0.15, 0.2) is 0 Å². The maximum atomic E-state index is 9.00. The van der Waals surface area contributed by atoms with Crippen molar-refractivity contribution in [1.82, 2.24) is 4.98 Å². The molecule has 1 aromatic heterocycles. The van der Waals surface area contributed by atoms with Crippen LogP contribution in [0.2, 0.25) is 5.02 Å². The lowest BCUT2D eigenvalue weighted by atomic mass is 10.0. The van der Waals surface area contributed by atoms with E-state index in [0.29, 0.717) is 0 Å². The van der Waals surface area contributed by atoms with Crippen LogP contribution in [0.5, 0.6) is 0 Å². The molecule has 2 N–H and O–H groups in total. The molecule has 0 radical (unpaired) electrons. The topological polar surface area (TPSA) is 36.0 Å². The van der Waals surface area contributed by atoms with Gasteiger partial charge in [0.25, 0.3) is 0 Å². The van der Waals surface area contributed by atoms with Crippen LogP contribution < -0.4 is 0 Å². The summed E-state index contributed by atoms with van der Waals surface area (Å²) in [7, 11) is 0. The highest BCUT2D eigenvalue weighted by Crippen LogP contribution is 2.33. The third-order valence-electron chi connectivity index (χ3n) is 5.62. The van der Waals surface area contributed by atoms with Crippen molar-refractivity contribution in [2.45, 2.75) is 33.1 Å². The van der Waals surface area contributed by atoms with Gasteiger partial charge >= 0.3 is 0 Å². The summed E-state index contributed by atoms with van der Waals surface area (Å²) in [5.41, 5.74) is 9.61. The monoisotopic (exact) mass is 403 g/mol. The summed E-state index contributed by atoms with van der Waals surface area (Å²) < 4.78 is 0. The Morgan fingerprint density at radius 1 is 0.862 bits per heavy atom. The Morgan fingerprint density at radius 2 is 1.62 bits per heavy atom. The number of hydrogen-bond acceptors (Lipinski definition) is 1. The predicted molar refractivity (Wildman–Crippen MR) is 123 cm³/mol. The number of aromatic amines is 1. The highest BCUT2D eigenvalue weighted by atomic mass is 35.5. The lowest BCUT2D eigenvalue weighted by Crippen LogP contribution is -1.90. The summed E-state index contributed by atoms with van der Waals surface area (Å²) >= 11 is 6.62. The van der Waals surface area contributed by atoms with E-state index in [1.54, 1.807) is 0 Å². The van der Waals surface area contributed by atoms with Gasteiger partial charge in [-0.1, -0.05) is 54.1 Å². The molecule has 0 aliphatic rings. The summed E-state index contributed by atoms with van der Waals surface area (Å²) in [6.07, 6.45) is 2.56. The van der Waals surface area contributed by atoms with Crippen LogP contribution in [-0.2, 0) is 12.8 Å². The normalized spacial score (nSPS) is 11.3. The molecule has 3 heteroatoms. The van der Waals surface area contributed by atoms with E-state index in [-0.39, 0.29) is 6.61 Å². The maximum Gasteiger partial charge on any atom is 0.0505 e. The van der Waals surface area contributed by atoms with Gasteiger partial charge in [-0.25, -0.2) is 0 Å². The third kappa shape index (κ3) is 4.39. The Bertz CT molecular complexity index is 1140. The molecule has 3 aromatic carbocycles. The largest absolute Gasteiger partial charge is 0.396 e. The van der Waals surface area contributed by atoms with Crippen molar-refractivity contribution < 1.29 is 5.11 Å². The van der Waals surface area contributed by atoms with E-state index in [1.807, 2.05) is 6.07 Å². The fraction of sp³-hybridized carbons (Fsp3) is 0.231. The van der Waals surface area contributed by atoms with Crippen LogP contribution in [0, 0.1) is 13.8 Å². The minimum Gasteiger partial charge on any atom is -0.396 e. The van der Waals surface area contributed by atoms with Crippen LogP contribution in [0.25, 0.3) is 22.0 Å². The molecule has 0 saturated heterocycles. The van der Waals surface area contributed by atoms with Crippen molar-refractivity contribution in [3.05, 3.63) is 93.6 Å². The highest BCUT2D eigenvalue weighted by Gasteiger charge is 2.09. The molecule has 0 fully saturated rings. The number of halogens is 1. The van der Waals surface area contributed by atoms with Gasteiger partial charge in [-0.15, -0.1) is 0 Å². The summed E-state index contributed by atoms with van der Waals surface area (Å²) in [5, 5.41) is 10.9. The van der Waals surface area contributed by atoms with E-state index >= 15 is 0 Å². The minimum absolute atomic E-state index is 0.224.